The molecule has 2 aromatic heterocycles. The summed E-state index contributed by atoms with van der Waals surface area (Å²) in [6.07, 6.45) is 1.57. The first kappa shape index (κ1) is 26.5. The van der Waals surface area contributed by atoms with Crippen LogP contribution in [0.5, 0.6) is 11.5 Å². The van der Waals surface area contributed by atoms with Gasteiger partial charge < -0.3 is 18.6 Å². The van der Waals surface area contributed by atoms with Crippen molar-refractivity contribution in [2.24, 2.45) is 4.99 Å². The first-order chi connectivity index (χ1) is 19.7. The lowest BCUT2D eigenvalue weighted by Gasteiger charge is -2.24. The minimum absolute atomic E-state index is 0.0149. The summed E-state index contributed by atoms with van der Waals surface area (Å²) in [5.74, 6) is 1.22. The Kier molecular flexibility index (Phi) is 6.72. The number of nitro groups is 1. The van der Waals surface area contributed by atoms with Gasteiger partial charge in [-0.25, -0.2) is 9.79 Å². The number of benzene rings is 2. The molecule has 0 radical (unpaired) electrons. The van der Waals surface area contributed by atoms with Gasteiger partial charge in [-0.1, -0.05) is 29.0 Å². The van der Waals surface area contributed by atoms with Crippen LogP contribution in [0.1, 0.15) is 31.2 Å². The van der Waals surface area contributed by atoms with E-state index in [0.717, 1.165) is 11.3 Å². The van der Waals surface area contributed by atoms with Crippen LogP contribution in [0, 0.1) is 10.1 Å². The molecule has 0 saturated carbocycles. The van der Waals surface area contributed by atoms with Crippen LogP contribution in [-0.2, 0) is 9.53 Å². The fourth-order valence-corrected chi connectivity index (χ4v) is 5.92. The highest BCUT2D eigenvalue weighted by Crippen LogP contribution is 2.38. The van der Waals surface area contributed by atoms with Crippen LogP contribution >= 0.6 is 22.9 Å². The molecule has 2 aromatic carbocycles. The SMILES string of the molecule is CCOC(=O)C1=C(C)N=c2s/c(=C\c3ccc(-c4ccc(Cl)c([N+](=O)[O-])c4)o3)c(=O)n2[C@H]1c1ccc2c(c1)OCO2. The van der Waals surface area contributed by atoms with Crippen LogP contribution < -0.4 is 24.4 Å². The zero-order valence-corrected chi connectivity index (χ0v) is 23.2. The van der Waals surface area contributed by atoms with Gasteiger partial charge in [0.15, 0.2) is 16.3 Å². The molecule has 11 nitrogen and oxygen atoms in total. The standard InChI is InChI=1S/C28H20ClN3O8S/c1-3-37-27(34)24-14(2)30-28-31(25(24)16-5-8-21-22(11-16)39-13-38-21)26(33)23(41-28)12-17-6-9-20(40-17)15-4-7-18(29)19(10-15)32(35)36/h4-12,25H,3,13H2,1-2H3/b23-12-/t25-/m0/s1. The lowest BCUT2D eigenvalue weighted by atomic mass is 9.95. The van der Waals surface area contributed by atoms with Crippen LogP contribution in [0.2, 0.25) is 5.02 Å². The number of ether oxygens (including phenoxy) is 3. The molecule has 0 N–H and O–H groups in total. The second kappa shape index (κ2) is 10.4. The second-order valence-corrected chi connectivity index (χ2v) is 10.5. The highest BCUT2D eigenvalue weighted by Gasteiger charge is 2.34. The molecule has 6 rings (SSSR count). The third-order valence-corrected chi connectivity index (χ3v) is 7.86. The number of nitrogens with zero attached hydrogens (tertiary/aromatic N) is 3. The quantitative estimate of drug-likeness (QED) is 0.183. The van der Waals surface area contributed by atoms with Gasteiger partial charge in [0.05, 0.1) is 33.4 Å². The van der Waals surface area contributed by atoms with Crippen LogP contribution in [0.4, 0.5) is 5.69 Å². The van der Waals surface area contributed by atoms with E-state index in [-0.39, 0.29) is 35.2 Å². The number of nitro benzene ring substituents is 1. The smallest absolute Gasteiger partial charge is 0.338 e. The molecule has 208 valence electrons. The molecule has 1 atom stereocenters. The van der Waals surface area contributed by atoms with Gasteiger partial charge in [0, 0.05) is 17.7 Å². The fraction of sp³-hybridized carbons (Fsp3) is 0.179. The average molecular weight is 594 g/mol. The predicted molar refractivity (Wildman–Crippen MR) is 149 cm³/mol. The lowest BCUT2D eigenvalue weighted by molar-refractivity contribution is -0.384. The van der Waals surface area contributed by atoms with Gasteiger partial charge in [-0.2, -0.15) is 0 Å². The molecule has 0 aliphatic carbocycles. The first-order valence-electron chi connectivity index (χ1n) is 12.4. The van der Waals surface area contributed by atoms with Crippen molar-refractivity contribution in [3.63, 3.8) is 0 Å². The Labute approximate surface area is 240 Å². The summed E-state index contributed by atoms with van der Waals surface area (Å²) in [6.45, 7) is 3.65. The van der Waals surface area contributed by atoms with Crippen molar-refractivity contribution in [3.8, 4) is 22.8 Å². The molecular weight excluding hydrogens is 574 g/mol. The Morgan fingerprint density at radius 2 is 2.02 bits per heavy atom. The van der Waals surface area contributed by atoms with Gasteiger partial charge >= 0.3 is 5.97 Å². The largest absolute Gasteiger partial charge is 0.463 e. The van der Waals surface area contributed by atoms with E-state index in [9.17, 15) is 19.7 Å². The van der Waals surface area contributed by atoms with E-state index in [2.05, 4.69) is 4.99 Å². The topological polar surface area (TPSA) is 135 Å². The van der Waals surface area contributed by atoms with E-state index >= 15 is 0 Å². The van der Waals surface area contributed by atoms with Crippen molar-refractivity contribution in [1.82, 2.24) is 4.57 Å². The Bertz CT molecular complexity index is 1950. The lowest BCUT2D eigenvalue weighted by Crippen LogP contribution is -2.39. The molecule has 0 spiro atoms. The number of esters is 1. The molecule has 0 amide bonds. The van der Waals surface area contributed by atoms with E-state index in [1.807, 2.05) is 0 Å². The minimum atomic E-state index is -0.816. The highest BCUT2D eigenvalue weighted by atomic mass is 35.5. The summed E-state index contributed by atoms with van der Waals surface area (Å²) in [5.41, 5.74) is 1.14. The molecular formula is C28H20ClN3O8S. The normalized spacial score (nSPS) is 16.0. The maximum atomic E-state index is 13.8. The molecule has 0 unspecified atom stereocenters. The van der Waals surface area contributed by atoms with E-state index in [1.165, 1.54) is 16.7 Å². The van der Waals surface area contributed by atoms with E-state index in [1.54, 1.807) is 56.3 Å². The van der Waals surface area contributed by atoms with Gasteiger partial charge in [0.25, 0.3) is 11.2 Å². The van der Waals surface area contributed by atoms with Gasteiger partial charge in [-0.3, -0.25) is 19.5 Å². The molecule has 2 aliphatic rings. The van der Waals surface area contributed by atoms with Crippen LogP contribution in [0.3, 0.4) is 0 Å². The summed E-state index contributed by atoms with van der Waals surface area (Å²) in [7, 11) is 0. The number of allylic oxidation sites excluding steroid dienone is 1. The number of carbonyl (C=O) groups excluding carboxylic acids is 1. The average Bonchev–Trinajstić information content (AvgIpc) is 3.67. The summed E-state index contributed by atoms with van der Waals surface area (Å²) < 4.78 is 24.0. The van der Waals surface area contributed by atoms with Crippen molar-refractivity contribution in [2.75, 3.05) is 13.4 Å². The summed E-state index contributed by atoms with van der Waals surface area (Å²) in [6, 6.07) is 12.1. The zero-order chi connectivity index (χ0) is 28.8. The predicted octanol–water partition coefficient (Wildman–Crippen LogP) is 4.35. The minimum Gasteiger partial charge on any atom is -0.463 e. The second-order valence-electron chi connectivity index (χ2n) is 9.04. The van der Waals surface area contributed by atoms with Gasteiger partial charge in [0.2, 0.25) is 6.79 Å². The molecule has 0 saturated heterocycles. The van der Waals surface area contributed by atoms with Crippen LogP contribution in [-0.4, -0.2) is 28.9 Å². The maximum absolute atomic E-state index is 13.8. The number of aromatic nitrogens is 1. The van der Waals surface area contributed by atoms with Crippen LogP contribution in [0.25, 0.3) is 17.4 Å². The highest BCUT2D eigenvalue weighted by molar-refractivity contribution is 7.07. The first-order valence-corrected chi connectivity index (χ1v) is 13.6. The van der Waals surface area contributed by atoms with Crippen LogP contribution in [0.15, 0.2) is 74.0 Å². The summed E-state index contributed by atoms with van der Waals surface area (Å²) >= 11 is 7.08. The molecule has 41 heavy (non-hydrogen) atoms. The van der Waals surface area contributed by atoms with E-state index in [0.29, 0.717) is 49.2 Å². The summed E-state index contributed by atoms with van der Waals surface area (Å²) in [5, 5.41) is 11.3. The van der Waals surface area contributed by atoms with Gasteiger partial charge in [0.1, 0.15) is 16.5 Å². The monoisotopic (exact) mass is 593 g/mol. The molecule has 13 heteroatoms. The van der Waals surface area contributed by atoms with E-state index in [4.69, 9.17) is 30.2 Å². The molecule has 0 fully saturated rings. The van der Waals surface area contributed by atoms with Crippen molar-refractivity contribution in [2.45, 2.75) is 19.9 Å². The number of furan rings is 1. The van der Waals surface area contributed by atoms with Crippen molar-refractivity contribution in [3.05, 3.63) is 106 Å². The fourth-order valence-electron chi connectivity index (χ4n) is 4.71. The van der Waals surface area contributed by atoms with Gasteiger partial charge in [-0.15, -0.1) is 0 Å². The third-order valence-electron chi connectivity index (χ3n) is 6.56. The van der Waals surface area contributed by atoms with Crippen molar-refractivity contribution < 1.29 is 28.3 Å². The third kappa shape index (κ3) is 4.70. The summed E-state index contributed by atoms with van der Waals surface area (Å²) in [4.78, 5) is 42.6. The number of carbonyl (C=O) groups is 1. The zero-order valence-electron chi connectivity index (χ0n) is 21.6. The van der Waals surface area contributed by atoms with E-state index < -0.39 is 16.9 Å². The molecule has 0 bridgehead atoms. The number of hydrogen-bond donors (Lipinski definition) is 0. The Balaban J connectivity index is 1.45. The number of halogens is 1. The Morgan fingerprint density at radius 1 is 1.22 bits per heavy atom. The number of hydrogen-bond acceptors (Lipinski definition) is 10. The van der Waals surface area contributed by atoms with Crippen molar-refractivity contribution in [1.29, 1.82) is 0 Å². The molecule has 2 aliphatic heterocycles. The Morgan fingerprint density at radius 3 is 2.80 bits per heavy atom. The number of fused-ring (bicyclic) bond motifs is 2. The number of thiazole rings is 1. The molecule has 4 aromatic rings. The Hall–Kier alpha value is -4.68. The number of rotatable bonds is 6. The maximum Gasteiger partial charge on any atom is 0.338 e. The molecule has 4 heterocycles. The van der Waals surface area contributed by atoms with Crippen molar-refractivity contribution >= 4 is 40.7 Å². The van der Waals surface area contributed by atoms with Gasteiger partial charge in [-0.05, 0) is 55.8 Å².